The Labute approximate surface area is 88.0 Å². The lowest BCUT2D eigenvalue weighted by Gasteiger charge is -2.04. The lowest BCUT2D eigenvalue weighted by Crippen LogP contribution is -2.07. The zero-order valence-corrected chi connectivity index (χ0v) is 8.64. The summed E-state index contributed by atoms with van der Waals surface area (Å²) in [4.78, 5) is 10.8. The lowest BCUT2D eigenvalue weighted by atomic mass is 10.2. The highest BCUT2D eigenvalue weighted by atomic mass is 16.5. The summed E-state index contributed by atoms with van der Waals surface area (Å²) in [6, 6.07) is 0. The Bertz CT molecular complexity index is 358. The highest BCUT2D eigenvalue weighted by Crippen LogP contribution is 2.08. The number of rotatable bonds is 6. The number of ether oxygens (including phenoxy) is 1. The number of nitrogens with zero attached hydrogens (tertiary/aromatic N) is 2. The third-order valence-electron chi connectivity index (χ3n) is 2.00. The van der Waals surface area contributed by atoms with Crippen LogP contribution in [0.2, 0.25) is 0 Å². The molecule has 0 bridgehead atoms. The first-order valence-corrected chi connectivity index (χ1v) is 4.59. The molecule has 0 atom stereocenters. The van der Waals surface area contributed by atoms with Gasteiger partial charge in [-0.3, -0.25) is 4.68 Å². The van der Waals surface area contributed by atoms with Crippen LogP contribution in [0.1, 0.15) is 22.5 Å². The summed E-state index contributed by atoms with van der Waals surface area (Å²) in [7, 11) is 1.69. The van der Waals surface area contributed by atoms with Crippen LogP contribution in [0.5, 0.6) is 0 Å². The molecule has 0 saturated heterocycles. The van der Waals surface area contributed by atoms with E-state index in [-0.39, 0.29) is 12.2 Å². The Morgan fingerprint density at radius 1 is 1.80 bits per heavy atom. The van der Waals surface area contributed by atoms with Crippen molar-refractivity contribution in [1.82, 2.24) is 9.78 Å². The van der Waals surface area contributed by atoms with Crippen LogP contribution in [-0.4, -0.2) is 27.5 Å². The highest BCUT2D eigenvalue weighted by Gasteiger charge is 2.14. The van der Waals surface area contributed by atoms with E-state index in [9.17, 15) is 4.79 Å². The fraction of sp³-hybridized carbons (Fsp3) is 0.400. The van der Waals surface area contributed by atoms with Crippen molar-refractivity contribution in [3.05, 3.63) is 30.1 Å². The van der Waals surface area contributed by atoms with Crippen LogP contribution >= 0.6 is 0 Å². The molecule has 0 amide bonds. The number of aryl methyl sites for hydroxylation is 1. The lowest BCUT2D eigenvalue weighted by molar-refractivity contribution is 0.0686. The highest BCUT2D eigenvalue weighted by molar-refractivity contribution is 5.88. The fourth-order valence-electron chi connectivity index (χ4n) is 1.15. The smallest absolute Gasteiger partial charge is 0.339 e. The molecule has 1 rings (SSSR count). The molecule has 0 radical (unpaired) electrons. The molecular formula is C10H14N2O3. The average Bonchev–Trinajstić information content (AvgIpc) is 2.55. The molecule has 0 fully saturated rings. The van der Waals surface area contributed by atoms with Gasteiger partial charge in [0.2, 0.25) is 0 Å². The predicted molar refractivity (Wildman–Crippen MR) is 54.6 cm³/mol. The van der Waals surface area contributed by atoms with Gasteiger partial charge in [-0.2, -0.15) is 5.10 Å². The first kappa shape index (κ1) is 11.5. The van der Waals surface area contributed by atoms with Crippen molar-refractivity contribution >= 4 is 5.97 Å². The first-order chi connectivity index (χ1) is 7.16. The van der Waals surface area contributed by atoms with Crippen molar-refractivity contribution in [3.8, 4) is 0 Å². The molecular weight excluding hydrogens is 196 g/mol. The van der Waals surface area contributed by atoms with E-state index < -0.39 is 5.97 Å². The third-order valence-corrected chi connectivity index (χ3v) is 2.00. The molecule has 0 saturated carbocycles. The summed E-state index contributed by atoms with van der Waals surface area (Å²) in [6.45, 7) is 4.36. The summed E-state index contributed by atoms with van der Waals surface area (Å²) in [5.74, 6) is -0.981. The minimum Gasteiger partial charge on any atom is -0.478 e. The van der Waals surface area contributed by atoms with Crippen LogP contribution in [-0.2, 0) is 18.4 Å². The zero-order valence-electron chi connectivity index (χ0n) is 8.64. The van der Waals surface area contributed by atoms with Gasteiger partial charge in [0, 0.05) is 7.05 Å². The van der Waals surface area contributed by atoms with Crippen molar-refractivity contribution in [2.45, 2.75) is 13.0 Å². The summed E-state index contributed by atoms with van der Waals surface area (Å²) >= 11 is 0. The Morgan fingerprint density at radius 3 is 3.13 bits per heavy atom. The summed E-state index contributed by atoms with van der Waals surface area (Å²) < 4.78 is 6.81. The molecule has 0 unspecified atom stereocenters. The van der Waals surface area contributed by atoms with Crippen molar-refractivity contribution < 1.29 is 14.6 Å². The second-order valence-corrected chi connectivity index (χ2v) is 3.06. The Hall–Kier alpha value is -1.62. The quantitative estimate of drug-likeness (QED) is 0.566. The Morgan fingerprint density at radius 2 is 2.53 bits per heavy atom. The summed E-state index contributed by atoms with van der Waals surface area (Å²) in [6.07, 6.45) is 3.83. The molecule has 5 heteroatoms. The molecule has 0 aromatic carbocycles. The van der Waals surface area contributed by atoms with Crippen LogP contribution < -0.4 is 0 Å². The third kappa shape index (κ3) is 2.92. The second kappa shape index (κ2) is 5.31. The van der Waals surface area contributed by atoms with Gasteiger partial charge < -0.3 is 9.84 Å². The van der Waals surface area contributed by atoms with Gasteiger partial charge in [0.05, 0.1) is 25.1 Å². The van der Waals surface area contributed by atoms with Gasteiger partial charge in [-0.05, 0) is 6.42 Å². The molecule has 5 nitrogen and oxygen atoms in total. The van der Waals surface area contributed by atoms with Crippen LogP contribution in [0.15, 0.2) is 18.9 Å². The topological polar surface area (TPSA) is 64.3 Å². The Balaban J connectivity index is 2.62. The van der Waals surface area contributed by atoms with E-state index in [4.69, 9.17) is 9.84 Å². The first-order valence-electron chi connectivity index (χ1n) is 4.59. The maximum Gasteiger partial charge on any atom is 0.339 e. The molecule has 1 aromatic rings. The maximum atomic E-state index is 10.8. The van der Waals surface area contributed by atoms with Crippen LogP contribution in [0.4, 0.5) is 0 Å². The zero-order chi connectivity index (χ0) is 11.3. The van der Waals surface area contributed by atoms with E-state index in [1.807, 2.05) is 0 Å². The summed E-state index contributed by atoms with van der Waals surface area (Å²) in [5.41, 5.74) is 0.766. The molecule has 82 valence electrons. The van der Waals surface area contributed by atoms with Crippen molar-refractivity contribution in [1.29, 1.82) is 0 Å². The van der Waals surface area contributed by atoms with Gasteiger partial charge in [-0.15, -0.1) is 6.58 Å². The molecule has 15 heavy (non-hydrogen) atoms. The van der Waals surface area contributed by atoms with E-state index in [1.165, 1.54) is 10.9 Å². The van der Waals surface area contributed by atoms with Gasteiger partial charge in [0.25, 0.3) is 0 Å². The minimum absolute atomic E-state index is 0.191. The SMILES string of the molecule is C=CCCOCc1c(C(=O)O)cnn1C. The van der Waals surface area contributed by atoms with Gasteiger partial charge >= 0.3 is 5.97 Å². The van der Waals surface area contributed by atoms with E-state index in [0.717, 1.165) is 6.42 Å². The molecule has 0 spiro atoms. The van der Waals surface area contributed by atoms with E-state index in [2.05, 4.69) is 11.7 Å². The molecule has 0 aliphatic carbocycles. The number of hydrogen-bond acceptors (Lipinski definition) is 3. The summed E-state index contributed by atoms with van der Waals surface area (Å²) in [5, 5.41) is 12.7. The molecule has 0 aliphatic rings. The van der Waals surface area contributed by atoms with Gasteiger partial charge in [0.1, 0.15) is 5.56 Å². The number of carboxylic acids is 1. The van der Waals surface area contributed by atoms with Gasteiger partial charge in [-0.1, -0.05) is 6.08 Å². The normalized spacial score (nSPS) is 10.2. The van der Waals surface area contributed by atoms with E-state index >= 15 is 0 Å². The predicted octanol–water partition coefficient (Wildman–Crippen LogP) is 1.21. The van der Waals surface area contributed by atoms with Crippen molar-refractivity contribution in [2.75, 3.05) is 6.61 Å². The molecule has 1 heterocycles. The van der Waals surface area contributed by atoms with Crippen LogP contribution in [0, 0.1) is 0 Å². The number of hydrogen-bond donors (Lipinski definition) is 1. The van der Waals surface area contributed by atoms with Crippen LogP contribution in [0.3, 0.4) is 0 Å². The van der Waals surface area contributed by atoms with Gasteiger partial charge in [-0.25, -0.2) is 4.79 Å². The minimum atomic E-state index is -0.981. The molecule has 1 N–H and O–H groups in total. The monoisotopic (exact) mass is 210 g/mol. The van der Waals surface area contributed by atoms with Crippen LogP contribution in [0.25, 0.3) is 0 Å². The largest absolute Gasteiger partial charge is 0.478 e. The number of aromatic nitrogens is 2. The second-order valence-electron chi connectivity index (χ2n) is 3.06. The van der Waals surface area contributed by atoms with Gasteiger partial charge in [0.15, 0.2) is 0 Å². The fourth-order valence-corrected chi connectivity index (χ4v) is 1.15. The average molecular weight is 210 g/mol. The number of carbonyl (C=O) groups is 1. The standard InChI is InChI=1S/C10H14N2O3/c1-3-4-5-15-7-9-8(10(13)14)6-11-12(9)2/h3,6H,1,4-5,7H2,2H3,(H,13,14). The number of carboxylic acid groups (broad SMARTS) is 1. The Kier molecular flexibility index (Phi) is 4.05. The number of aromatic carboxylic acids is 1. The molecule has 1 aromatic heterocycles. The van der Waals surface area contributed by atoms with E-state index in [0.29, 0.717) is 12.3 Å². The van der Waals surface area contributed by atoms with E-state index in [1.54, 1.807) is 13.1 Å². The van der Waals surface area contributed by atoms with Crippen molar-refractivity contribution in [3.63, 3.8) is 0 Å². The maximum absolute atomic E-state index is 10.8. The molecule has 0 aliphatic heterocycles. The van der Waals surface area contributed by atoms with Crippen molar-refractivity contribution in [2.24, 2.45) is 7.05 Å².